The standard InChI is InChI=1S/C20H36N4O8/c1-5-11(4)16(20(31)32)24-18(29)13(6-7-15(26)27)22-19(30)14(9-25)23-17(28)12(21)8-10(2)3/h10-14,16,25H,5-9,21H2,1-4H3,(H,22,30)(H,23,28)(H,24,29)(H,26,27)(H,31,32). The molecule has 3 amide bonds. The third-order valence-electron chi connectivity index (χ3n) is 4.93. The molecule has 5 atom stereocenters. The molecule has 0 fully saturated rings. The first-order valence-corrected chi connectivity index (χ1v) is 10.6. The summed E-state index contributed by atoms with van der Waals surface area (Å²) in [5.74, 6) is -5.27. The van der Waals surface area contributed by atoms with Crippen molar-refractivity contribution < 1.29 is 39.3 Å². The molecule has 0 heterocycles. The number of carbonyl (C=O) groups excluding carboxylic acids is 3. The lowest BCUT2D eigenvalue weighted by atomic mass is 9.98. The van der Waals surface area contributed by atoms with Crippen LogP contribution in [-0.4, -0.2) is 75.8 Å². The molecule has 0 bridgehead atoms. The van der Waals surface area contributed by atoms with Crippen LogP contribution in [0.15, 0.2) is 0 Å². The van der Waals surface area contributed by atoms with Crippen LogP contribution >= 0.6 is 0 Å². The Bertz CT molecular complexity index is 670. The average Bonchev–Trinajstić information content (AvgIpc) is 2.70. The van der Waals surface area contributed by atoms with Crippen molar-refractivity contribution in [2.45, 2.75) is 77.5 Å². The van der Waals surface area contributed by atoms with Crippen molar-refractivity contribution in [3.63, 3.8) is 0 Å². The molecule has 184 valence electrons. The summed E-state index contributed by atoms with van der Waals surface area (Å²) in [6.07, 6.45) is 0.00758. The SMILES string of the molecule is CCC(C)C(NC(=O)C(CCC(=O)O)NC(=O)C(CO)NC(=O)C(N)CC(C)C)C(=O)O. The van der Waals surface area contributed by atoms with Crippen molar-refractivity contribution >= 4 is 29.7 Å². The van der Waals surface area contributed by atoms with E-state index in [0.29, 0.717) is 12.8 Å². The molecule has 0 saturated carbocycles. The zero-order chi connectivity index (χ0) is 25.0. The topological polar surface area (TPSA) is 208 Å². The van der Waals surface area contributed by atoms with E-state index in [-0.39, 0.29) is 12.3 Å². The quantitative estimate of drug-likeness (QED) is 0.156. The smallest absolute Gasteiger partial charge is 0.326 e. The van der Waals surface area contributed by atoms with Crippen LogP contribution in [0.1, 0.15) is 53.4 Å². The number of carboxylic acids is 2. The lowest BCUT2D eigenvalue weighted by molar-refractivity contribution is -0.144. The first-order valence-electron chi connectivity index (χ1n) is 10.6. The highest BCUT2D eigenvalue weighted by molar-refractivity contribution is 5.94. The molecule has 0 radical (unpaired) electrons. The molecule has 32 heavy (non-hydrogen) atoms. The number of nitrogens with one attached hydrogen (secondary N) is 3. The maximum atomic E-state index is 12.6. The summed E-state index contributed by atoms with van der Waals surface area (Å²) in [6.45, 7) is 6.30. The molecule has 0 spiro atoms. The van der Waals surface area contributed by atoms with Gasteiger partial charge in [-0.05, 0) is 24.7 Å². The van der Waals surface area contributed by atoms with Gasteiger partial charge in [0, 0.05) is 6.42 Å². The molecule has 0 aliphatic carbocycles. The Morgan fingerprint density at radius 3 is 1.84 bits per heavy atom. The first kappa shape index (κ1) is 29.3. The number of aliphatic hydroxyl groups is 1. The van der Waals surface area contributed by atoms with E-state index in [0.717, 1.165) is 0 Å². The van der Waals surface area contributed by atoms with Crippen LogP contribution in [0.25, 0.3) is 0 Å². The summed E-state index contributed by atoms with van der Waals surface area (Å²) in [6, 6.07) is -4.96. The van der Waals surface area contributed by atoms with Gasteiger partial charge in [-0.25, -0.2) is 4.79 Å². The van der Waals surface area contributed by atoms with Gasteiger partial charge in [0.15, 0.2) is 0 Å². The minimum Gasteiger partial charge on any atom is -0.481 e. The molecule has 0 rings (SSSR count). The van der Waals surface area contributed by atoms with E-state index in [1.165, 1.54) is 0 Å². The van der Waals surface area contributed by atoms with Crippen molar-refractivity contribution in [1.82, 2.24) is 16.0 Å². The van der Waals surface area contributed by atoms with Crippen LogP contribution in [0.4, 0.5) is 0 Å². The molecule has 12 heteroatoms. The van der Waals surface area contributed by atoms with Crippen LogP contribution in [0.3, 0.4) is 0 Å². The van der Waals surface area contributed by atoms with Gasteiger partial charge in [0.05, 0.1) is 12.6 Å². The summed E-state index contributed by atoms with van der Waals surface area (Å²) in [5, 5.41) is 34.7. The van der Waals surface area contributed by atoms with Crippen molar-refractivity contribution in [3.8, 4) is 0 Å². The molecule has 0 saturated heterocycles. The van der Waals surface area contributed by atoms with Gasteiger partial charge in [0.25, 0.3) is 0 Å². The number of nitrogens with two attached hydrogens (primary N) is 1. The second-order valence-corrected chi connectivity index (χ2v) is 8.18. The number of hydrogen-bond acceptors (Lipinski definition) is 7. The predicted octanol–water partition coefficient (Wildman–Crippen LogP) is -1.20. The Kier molecular flexibility index (Phi) is 13.1. The zero-order valence-corrected chi connectivity index (χ0v) is 19.0. The minimum atomic E-state index is -1.43. The molecule has 0 aliphatic rings. The Morgan fingerprint density at radius 1 is 0.875 bits per heavy atom. The van der Waals surface area contributed by atoms with E-state index in [1.807, 2.05) is 13.8 Å². The highest BCUT2D eigenvalue weighted by Gasteiger charge is 2.32. The van der Waals surface area contributed by atoms with Gasteiger partial charge in [0.1, 0.15) is 18.1 Å². The summed E-state index contributed by atoms with van der Waals surface area (Å²) in [4.78, 5) is 59.8. The molecular weight excluding hydrogens is 424 g/mol. The van der Waals surface area contributed by atoms with Crippen LogP contribution in [0.5, 0.6) is 0 Å². The Labute approximate surface area is 187 Å². The van der Waals surface area contributed by atoms with Crippen LogP contribution in [-0.2, 0) is 24.0 Å². The molecule has 12 nitrogen and oxygen atoms in total. The lowest BCUT2D eigenvalue weighted by Crippen LogP contribution is -2.58. The van der Waals surface area contributed by atoms with Gasteiger partial charge in [-0.15, -0.1) is 0 Å². The number of carboxylic acid groups (broad SMARTS) is 2. The third kappa shape index (κ3) is 10.5. The van der Waals surface area contributed by atoms with Crippen molar-refractivity contribution in [2.24, 2.45) is 17.6 Å². The third-order valence-corrected chi connectivity index (χ3v) is 4.93. The normalized spacial score (nSPS) is 15.7. The summed E-state index contributed by atoms with van der Waals surface area (Å²) in [7, 11) is 0. The fraction of sp³-hybridized carbons (Fsp3) is 0.750. The second-order valence-electron chi connectivity index (χ2n) is 8.18. The minimum absolute atomic E-state index is 0.119. The van der Waals surface area contributed by atoms with Gasteiger partial charge in [-0.2, -0.15) is 0 Å². The molecule has 5 unspecified atom stereocenters. The van der Waals surface area contributed by atoms with E-state index in [2.05, 4.69) is 16.0 Å². The molecular formula is C20H36N4O8. The van der Waals surface area contributed by atoms with Crippen LogP contribution in [0, 0.1) is 11.8 Å². The number of rotatable bonds is 15. The van der Waals surface area contributed by atoms with E-state index in [4.69, 9.17) is 10.8 Å². The highest BCUT2D eigenvalue weighted by Crippen LogP contribution is 2.09. The fourth-order valence-corrected chi connectivity index (χ4v) is 2.83. The summed E-state index contributed by atoms with van der Waals surface area (Å²) >= 11 is 0. The number of hydrogen-bond donors (Lipinski definition) is 7. The maximum Gasteiger partial charge on any atom is 0.326 e. The molecule has 0 aromatic carbocycles. The summed E-state index contributed by atoms with van der Waals surface area (Å²) in [5.41, 5.74) is 5.77. The highest BCUT2D eigenvalue weighted by atomic mass is 16.4. The van der Waals surface area contributed by atoms with Crippen molar-refractivity contribution in [1.29, 1.82) is 0 Å². The van der Waals surface area contributed by atoms with Crippen LogP contribution in [0.2, 0.25) is 0 Å². The van der Waals surface area contributed by atoms with Gasteiger partial charge in [-0.1, -0.05) is 34.1 Å². The predicted molar refractivity (Wildman–Crippen MR) is 114 cm³/mol. The number of aliphatic carboxylic acids is 2. The first-order chi connectivity index (χ1) is 14.8. The number of carbonyl (C=O) groups is 5. The second kappa shape index (κ2) is 14.4. The van der Waals surface area contributed by atoms with Gasteiger partial charge in [-0.3, -0.25) is 19.2 Å². The average molecular weight is 461 g/mol. The van der Waals surface area contributed by atoms with Gasteiger partial charge < -0.3 is 37.0 Å². The molecule has 8 N–H and O–H groups in total. The largest absolute Gasteiger partial charge is 0.481 e. The molecule has 0 aromatic rings. The van der Waals surface area contributed by atoms with E-state index in [9.17, 15) is 34.2 Å². The Balaban J connectivity index is 5.37. The fourth-order valence-electron chi connectivity index (χ4n) is 2.83. The van der Waals surface area contributed by atoms with E-state index in [1.54, 1.807) is 13.8 Å². The van der Waals surface area contributed by atoms with Crippen molar-refractivity contribution in [2.75, 3.05) is 6.61 Å². The molecule has 0 aromatic heterocycles. The maximum absolute atomic E-state index is 12.6. The van der Waals surface area contributed by atoms with Crippen molar-refractivity contribution in [3.05, 3.63) is 0 Å². The number of aliphatic hydroxyl groups excluding tert-OH is 1. The monoisotopic (exact) mass is 460 g/mol. The molecule has 0 aliphatic heterocycles. The summed E-state index contributed by atoms with van der Waals surface area (Å²) < 4.78 is 0. The zero-order valence-electron chi connectivity index (χ0n) is 19.0. The van der Waals surface area contributed by atoms with E-state index >= 15 is 0 Å². The van der Waals surface area contributed by atoms with Crippen LogP contribution < -0.4 is 21.7 Å². The number of amides is 3. The Hall–Kier alpha value is -2.73. The van der Waals surface area contributed by atoms with E-state index < -0.39 is 72.8 Å². The van der Waals surface area contributed by atoms with Gasteiger partial charge in [0.2, 0.25) is 17.7 Å². The lowest BCUT2D eigenvalue weighted by Gasteiger charge is -2.26. The van der Waals surface area contributed by atoms with Gasteiger partial charge >= 0.3 is 11.9 Å². The Morgan fingerprint density at radius 2 is 1.41 bits per heavy atom.